The van der Waals surface area contributed by atoms with Crippen LogP contribution >= 0.6 is 0 Å². The second-order valence-corrected chi connectivity index (χ2v) is 3.80. The van der Waals surface area contributed by atoms with Gasteiger partial charge in [-0.05, 0) is 37.9 Å². The van der Waals surface area contributed by atoms with Crippen LogP contribution in [0.3, 0.4) is 0 Å². The molecule has 1 aliphatic rings. The first-order valence-electron chi connectivity index (χ1n) is 4.92. The molecule has 0 spiro atoms. The molecule has 1 atom stereocenters. The van der Waals surface area contributed by atoms with Crippen LogP contribution in [0.4, 0.5) is 0 Å². The van der Waals surface area contributed by atoms with E-state index in [2.05, 4.69) is 5.32 Å². The molecule has 0 aromatic heterocycles. The van der Waals surface area contributed by atoms with Gasteiger partial charge in [0.2, 0.25) is 0 Å². The van der Waals surface area contributed by atoms with Gasteiger partial charge in [-0.15, -0.1) is 0 Å². The summed E-state index contributed by atoms with van der Waals surface area (Å²) in [5.74, 6) is 0.0590. The van der Waals surface area contributed by atoms with Gasteiger partial charge in [0.05, 0.1) is 0 Å². The number of fused-ring (bicyclic) bond motifs is 1. The zero-order chi connectivity index (χ0) is 10.1. The Morgan fingerprint density at radius 2 is 2.14 bits per heavy atom. The van der Waals surface area contributed by atoms with Crippen LogP contribution in [0.5, 0.6) is 11.5 Å². The van der Waals surface area contributed by atoms with Crippen LogP contribution in [0.2, 0.25) is 0 Å². The Balaban J connectivity index is 2.36. The molecule has 0 heterocycles. The molecule has 3 N–H and O–H groups in total. The Hall–Kier alpha value is -1.22. The van der Waals surface area contributed by atoms with Gasteiger partial charge in [0.15, 0.2) is 11.5 Å². The maximum Gasteiger partial charge on any atom is 0.160 e. The van der Waals surface area contributed by atoms with E-state index in [1.165, 1.54) is 0 Å². The van der Waals surface area contributed by atoms with Crippen LogP contribution in [0.1, 0.15) is 17.5 Å². The summed E-state index contributed by atoms with van der Waals surface area (Å²) in [5, 5.41) is 22.2. The van der Waals surface area contributed by atoms with Gasteiger partial charge in [-0.1, -0.05) is 6.07 Å². The number of hydrogen-bond donors (Lipinski definition) is 3. The number of rotatable bonds is 1. The highest BCUT2D eigenvalue weighted by Crippen LogP contribution is 2.35. The predicted molar refractivity (Wildman–Crippen MR) is 54.6 cm³/mol. The van der Waals surface area contributed by atoms with Crippen molar-refractivity contribution in [3.8, 4) is 11.5 Å². The second-order valence-electron chi connectivity index (χ2n) is 3.80. The lowest BCUT2D eigenvalue weighted by atomic mass is 9.87. The maximum absolute atomic E-state index is 9.63. The van der Waals surface area contributed by atoms with E-state index in [-0.39, 0.29) is 11.5 Å². The standard InChI is InChI=1S/C11H15NO2/c1-12-8-3-4-9-7(6-8)2-5-10(13)11(9)14/h2,5,8,12-14H,3-4,6H2,1H3. The molecule has 0 saturated heterocycles. The van der Waals surface area contributed by atoms with Crippen molar-refractivity contribution in [2.75, 3.05) is 7.05 Å². The molecule has 1 unspecified atom stereocenters. The number of aromatic hydroxyl groups is 2. The van der Waals surface area contributed by atoms with E-state index in [1.54, 1.807) is 6.07 Å². The van der Waals surface area contributed by atoms with Gasteiger partial charge in [0.1, 0.15) is 0 Å². The zero-order valence-corrected chi connectivity index (χ0v) is 8.25. The molecule has 1 aromatic carbocycles. The molecule has 14 heavy (non-hydrogen) atoms. The Bertz CT molecular complexity index is 349. The van der Waals surface area contributed by atoms with E-state index in [1.807, 2.05) is 13.1 Å². The Morgan fingerprint density at radius 3 is 2.86 bits per heavy atom. The number of hydrogen-bond acceptors (Lipinski definition) is 3. The summed E-state index contributed by atoms with van der Waals surface area (Å²) in [5.41, 5.74) is 2.06. The quantitative estimate of drug-likeness (QED) is 0.587. The van der Waals surface area contributed by atoms with E-state index in [0.29, 0.717) is 6.04 Å². The van der Waals surface area contributed by atoms with E-state index >= 15 is 0 Å². The average Bonchev–Trinajstić information content (AvgIpc) is 2.23. The van der Waals surface area contributed by atoms with Gasteiger partial charge in [-0.2, -0.15) is 0 Å². The number of phenolic OH excluding ortho intramolecular Hbond substituents is 2. The topological polar surface area (TPSA) is 52.5 Å². The third kappa shape index (κ3) is 1.44. The van der Waals surface area contributed by atoms with Gasteiger partial charge in [-0.3, -0.25) is 0 Å². The fraction of sp³-hybridized carbons (Fsp3) is 0.455. The molecule has 0 aliphatic heterocycles. The Morgan fingerprint density at radius 1 is 1.36 bits per heavy atom. The normalized spacial score (nSPS) is 20.5. The number of nitrogens with one attached hydrogen (secondary N) is 1. The molecule has 0 fully saturated rings. The largest absolute Gasteiger partial charge is 0.504 e. The minimum absolute atomic E-state index is 0.00772. The van der Waals surface area contributed by atoms with Gasteiger partial charge < -0.3 is 15.5 Å². The SMILES string of the molecule is CNC1CCc2c(ccc(O)c2O)C1. The monoisotopic (exact) mass is 193 g/mol. The van der Waals surface area contributed by atoms with Crippen LogP contribution in [-0.2, 0) is 12.8 Å². The fourth-order valence-electron chi connectivity index (χ4n) is 2.07. The van der Waals surface area contributed by atoms with Gasteiger partial charge >= 0.3 is 0 Å². The van der Waals surface area contributed by atoms with Crippen molar-refractivity contribution in [3.63, 3.8) is 0 Å². The van der Waals surface area contributed by atoms with Gasteiger partial charge in [-0.25, -0.2) is 0 Å². The average molecular weight is 193 g/mol. The molecule has 0 amide bonds. The highest BCUT2D eigenvalue weighted by Gasteiger charge is 2.20. The first-order valence-corrected chi connectivity index (χ1v) is 4.92. The molecular weight excluding hydrogens is 178 g/mol. The van der Waals surface area contributed by atoms with Crippen molar-refractivity contribution in [1.82, 2.24) is 5.32 Å². The molecule has 3 nitrogen and oxygen atoms in total. The van der Waals surface area contributed by atoms with Crippen LogP contribution in [0, 0.1) is 0 Å². The number of likely N-dealkylation sites (N-methyl/N-ethyl adjacent to an activating group) is 1. The Labute approximate surface area is 83.4 Å². The third-order valence-corrected chi connectivity index (χ3v) is 2.98. The summed E-state index contributed by atoms with van der Waals surface area (Å²) < 4.78 is 0. The number of phenols is 2. The molecule has 0 saturated carbocycles. The van der Waals surface area contributed by atoms with E-state index in [0.717, 1.165) is 30.4 Å². The lowest BCUT2D eigenvalue weighted by molar-refractivity contribution is 0.391. The summed E-state index contributed by atoms with van der Waals surface area (Å²) in [6.07, 6.45) is 2.78. The van der Waals surface area contributed by atoms with Crippen molar-refractivity contribution < 1.29 is 10.2 Å². The van der Waals surface area contributed by atoms with E-state index in [4.69, 9.17) is 0 Å². The Kier molecular flexibility index (Phi) is 2.33. The summed E-state index contributed by atoms with van der Waals surface area (Å²) >= 11 is 0. The molecule has 1 aromatic rings. The fourth-order valence-corrected chi connectivity index (χ4v) is 2.07. The molecule has 3 heteroatoms. The highest BCUT2D eigenvalue weighted by molar-refractivity contribution is 5.50. The molecule has 0 radical (unpaired) electrons. The summed E-state index contributed by atoms with van der Waals surface area (Å²) in [6.45, 7) is 0. The second kappa shape index (κ2) is 3.50. The van der Waals surface area contributed by atoms with Gasteiger partial charge in [0.25, 0.3) is 0 Å². The summed E-state index contributed by atoms with van der Waals surface area (Å²) in [4.78, 5) is 0. The first kappa shape index (κ1) is 9.34. The minimum Gasteiger partial charge on any atom is -0.504 e. The van der Waals surface area contributed by atoms with Gasteiger partial charge in [0, 0.05) is 11.6 Å². The van der Waals surface area contributed by atoms with E-state index < -0.39 is 0 Å². The summed E-state index contributed by atoms with van der Waals surface area (Å²) in [6, 6.07) is 3.95. The molecule has 0 bridgehead atoms. The minimum atomic E-state index is -0.00772. The maximum atomic E-state index is 9.63. The smallest absolute Gasteiger partial charge is 0.160 e. The summed E-state index contributed by atoms with van der Waals surface area (Å²) in [7, 11) is 1.95. The highest BCUT2D eigenvalue weighted by atomic mass is 16.3. The van der Waals surface area contributed by atoms with Crippen LogP contribution in [0.25, 0.3) is 0 Å². The number of benzene rings is 1. The molecule has 2 rings (SSSR count). The molecule has 1 aliphatic carbocycles. The lowest BCUT2D eigenvalue weighted by Crippen LogP contribution is -2.31. The molecular formula is C11H15NO2. The lowest BCUT2D eigenvalue weighted by Gasteiger charge is -2.24. The van der Waals surface area contributed by atoms with Crippen LogP contribution in [0.15, 0.2) is 12.1 Å². The van der Waals surface area contributed by atoms with E-state index in [9.17, 15) is 10.2 Å². The zero-order valence-electron chi connectivity index (χ0n) is 8.25. The molecule has 76 valence electrons. The third-order valence-electron chi connectivity index (χ3n) is 2.98. The van der Waals surface area contributed by atoms with Crippen molar-refractivity contribution in [3.05, 3.63) is 23.3 Å². The van der Waals surface area contributed by atoms with Crippen LogP contribution in [-0.4, -0.2) is 23.3 Å². The van der Waals surface area contributed by atoms with Crippen LogP contribution < -0.4 is 5.32 Å². The van der Waals surface area contributed by atoms with Crippen molar-refractivity contribution >= 4 is 0 Å². The van der Waals surface area contributed by atoms with Crippen molar-refractivity contribution in [2.24, 2.45) is 0 Å². The predicted octanol–water partition coefficient (Wildman–Crippen LogP) is 1.17. The van der Waals surface area contributed by atoms with Crippen molar-refractivity contribution in [1.29, 1.82) is 0 Å². The first-order chi connectivity index (χ1) is 6.72. The van der Waals surface area contributed by atoms with Crippen molar-refractivity contribution in [2.45, 2.75) is 25.3 Å².